The standard InChI is InChI=1S/C11H12F3NO3/c1-2-17-10(16)15-7-8-5-3-4-6-9(8)18-11(12,13)14/h3-6H,2,7H2,1H3,(H,15,16). The number of alkyl halides is 3. The molecule has 0 aromatic heterocycles. The molecule has 0 fully saturated rings. The van der Waals surface area contributed by atoms with Crippen LogP contribution < -0.4 is 10.1 Å². The van der Waals surface area contributed by atoms with E-state index in [-0.39, 0.29) is 24.5 Å². The van der Waals surface area contributed by atoms with Crippen molar-refractivity contribution in [2.75, 3.05) is 6.61 Å². The van der Waals surface area contributed by atoms with E-state index in [9.17, 15) is 18.0 Å². The number of nitrogens with one attached hydrogen (secondary N) is 1. The Morgan fingerprint density at radius 1 is 1.33 bits per heavy atom. The number of benzene rings is 1. The van der Waals surface area contributed by atoms with E-state index in [1.54, 1.807) is 13.0 Å². The first-order valence-electron chi connectivity index (χ1n) is 5.16. The summed E-state index contributed by atoms with van der Waals surface area (Å²) in [6, 6.07) is 5.56. The maximum absolute atomic E-state index is 12.1. The van der Waals surface area contributed by atoms with Gasteiger partial charge in [-0.1, -0.05) is 18.2 Å². The molecule has 4 nitrogen and oxygen atoms in total. The quantitative estimate of drug-likeness (QED) is 0.908. The third kappa shape index (κ3) is 4.94. The van der Waals surface area contributed by atoms with Gasteiger partial charge < -0.3 is 14.8 Å². The fourth-order valence-corrected chi connectivity index (χ4v) is 1.22. The number of hydrogen-bond acceptors (Lipinski definition) is 3. The molecule has 100 valence electrons. The summed E-state index contributed by atoms with van der Waals surface area (Å²) in [4.78, 5) is 11.0. The van der Waals surface area contributed by atoms with E-state index in [0.717, 1.165) is 0 Å². The van der Waals surface area contributed by atoms with Gasteiger partial charge in [0.2, 0.25) is 0 Å². The van der Waals surface area contributed by atoms with Crippen LogP contribution in [-0.4, -0.2) is 19.1 Å². The van der Waals surface area contributed by atoms with E-state index >= 15 is 0 Å². The largest absolute Gasteiger partial charge is 0.573 e. The van der Waals surface area contributed by atoms with Crippen molar-refractivity contribution in [3.63, 3.8) is 0 Å². The highest BCUT2D eigenvalue weighted by atomic mass is 19.4. The zero-order valence-electron chi connectivity index (χ0n) is 9.58. The number of alkyl carbamates (subject to hydrolysis) is 1. The SMILES string of the molecule is CCOC(=O)NCc1ccccc1OC(F)(F)F. The Kier molecular flexibility index (Phi) is 4.82. The second-order valence-electron chi connectivity index (χ2n) is 3.23. The van der Waals surface area contributed by atoms with Crippen LogP contribution in [-0.2, 0) is 11.3 Å². The van der Waals surface area contributed by atoms with E-state index in [2.05, 4.69) is 14.8 Å². The summed E-state index contributed by atoms with van der Waals surface area (Å²) < 4.78 is 44.7. The normalized spacial score (nSPS) is 10.9. The molecule has 0 radical (unpaired) electrons. The molecule has 1 rings (SSSR count). The van der Waals surface area contributed by atoms with Gasteiger partial charge in [0.05, 0.1) is 6.61 Å². The van der Waals surface area contributed by atoms with Crippen molar-refractivity contribution in [1.82, 2.24) is 5.32 Å². The highest BCUT2D eigenvalue weighted by Crippen LogP contribution is 2.25. The van der Waals surface area contributed by atoms with Crippen LogP contribution >= 0.6 is 0 Å². The summed E-state index contributed by atoms with van der Waals surface area (Å²) in [6.07, 6.45) is -5.46. The molecule has 0 heterocycles. The molecular formula is C11H12F3NO3. The summed E-state index contributed by atoms with van der Waals surface area (Å²) in [6.45, 7) is 1.71. The van der Waals surface area contributed by atoms with Crippen molar-refractivity contribution in [3.8, 4) is 5.75 Å². The number of halogens is 3. The topological polar surface area (TPSA) is 47.6 Å². The van der Waals surface area contributed by atoms with Crippen molar-refractivity contribution < 1.29 is 27.4 Å². The van der Waals surface area contributed by atoms with Crippen LogP contribution in [0.4, 0.5) is 18.0 Å². The van der Waals surface area contributed by atoms with Gasteiger partial charge in [0.25, 0.3) is 0 Å². The van der Waals surface area contributed by atoms with Gasteiger partial charge in [-0.25, -0.2) is 4.79 Å². The maximum atomic E-state index is 12.1. The lowest BCUT2D eigenvalue weighted by Crippen LogP contribution is -2.25. The number of rotatable bonds is 4. The number of para-hydroxylation sites is 1. The molecule has 0 unspecified atom stereocenters. The first kappa shape index (κ1) is 14.1. The van der Waals surface area contributed by atoms with Gasteiger partial charge in [-0.15, -0.1) is 13.2 Å². The highest BCUT2D eigenvalue weighted by Gasteiger charge is 2.31. The van der Waals surface area contributed by atoms with Crippen LogP contribution in [0.2, 0.25) is 0 Å². The molecule has 18 heavy (non-hydrogen) atoms. The molecule has 0 atom stereocenters. The molecule has 0 aliphatic heterocycles. The number of carbonyl (C=O) groups excluding carboxylic acids is 1. The lowest BCUT2D eigenvalue weighted by Gasteiger charge is -2.13. The average molecular weight is 263 g/mol. The van der Waals surface area contributed by atoms with Gasteiger partial charge in [-0.3, -0.25) is 0 Å². The Balaban J connectivity index is 2.67. The third-order valence-electron chi connectivity index (χ3n) is 1.90. The van der Waals surface area contributed by atoms with Gasteiger partial charge in [-0.2, -0.15) is 0 Å². The number of carbonyl (C=O) groups is 1. The van der Waals surface area contributed by atoms with Crippen LogP contribution in [0, 0.1) is 0 Å². The van der Waals surface area contributed by atoms with E-state index in [4.69, 9.17) is 0 Å². The predicted molar refractivity (Wildman–Crippen MR) is 57.0 cm³/mol. The van der Waals surface area contributed by atoms with Crippen LogP contribution in [0.3, 0.4) is 0 Å². The van der Waals surface area contributed by atoms with Crippen molar-refractivity contribution >= 4 is 6.09 Å². The Hall–Kier alpha value is -1.92. The van der Waals surface area contributed by atoms with E-state index in [1.807, 2.05) is 0 Å². The molecule has 7 heteroatoms. The lowest BCUT2D eigenvalue weighted by molar-refractivity contribution is -0.274. The van der Waals surface area contributed by atoms with Gasteiger partial charge in [0.15, 0.2) is 0 Å². The minimum atomic E-state index is -4.76. The average Bonchev–Trinajstić information content (AvgIpc) is 2.26. The predicted octanol–water partition coefficient (Wildman–Crippen LogP) is 2.83. The second kappa shape index (κ2) is 6.13. The Labute approximate surface area is 102 Å². The third-order valence-corrected chi connectivity index (χ3v) is 1.90. The molecule has 0 bridgehead atoms. The molecule has 1 aromatic rings. The van der Waals surface area contributed by atoms with Crippen LogP contribution in [0.25, 0.3) is 0 Å². The van der Waals surface area contributed by atoms with E-state index in [1.165, 1.54) is 18.2 Å². The summed E-state index contributed by atoms with van der Waals surface area (Å²) in [5, 5.41) is 2.32. The molecular weight excluding hydrogens is 251 g/mol. The minimum absolute atomic E-state index is 0.106. The van der Waals surface area contributed by atoms with Crippen molar-refractivity contribution in [3.05, 3.63) is 29.8 Å². The van der Waals surface area contributed by atoms with Crippen LogP contribution in [0.15, 0.2) is 24.3 Å². The Bertz CT molecular complexity index is 407. The summed E-state index contributed by atoms with van der Waals surface area (Å²) >= 11 is 0. The van der Waals surface area contributed by atoms with E-state index < -0.39 is 12.5 Å². The number of hydrogen-bond donors (Lipinski definition) is 1. The Morgan fingerprint density at radius 2 is 2.00 bits per heavy atom. The second-order valence-corrected chi connectivity index (χ2v) is 3.23. The molecule has 1 amide bonds. The summed E-state index contributed by atoms with van der Waals surface area (Å²) in [5.74, 6) is -0.346. The van der Waals surface area contributed by atoms with Crippen molar-refractivity contribution in [2.45, 2.75) is 19.8 Å². The molecule has 0 saturated heterocycles. The number of ether oxygens (including phenoxy) is 2. The monoisotopic (exact) mass is 263 g/mol. The summed E-state index contributed by atoms with van der Waals surface area (Å²) in [7, 11) is 0. The molecule has 0 aliphatic carbocycles. The van der Waals surface area contributed by atoms with Crippen LogP contribution in [0.5, 0.6) is 5.75 Å². The zero-order chi connectivity index (χ0) is 13.6. The first-order valence-corrected chi connectivity index (χ1v) is 5.16. The summed E-state index contributed by atoms with van der Waals surface area (Å²) in [5.41, 5.74) is 0.211. The maximum Gasteiger partial charge on any atom is 0.573 e. The van der Waals surface area contributed by atoms with E-state index in [0.29, 0.717) is 0 Å². The molecule has 1 N–H and O–H groups in total. The van der Waals surface area contributed by atoms with Crippen molar-refractivity contribution in [1.29, 1.82) is 0 Å². The van der Waals surface area contributed by atoms with Gasteiger partial charge >= 0.3 is 12.5 Å². The minimum Gasteiger partial charge on any atom is -0.450 e. The molecule has 0 saturated carbocycles. The smallest absolute Gasteiger partial charge is 0.450 e. The van der Waals surface area contributed by atoms with Crippen LogP contribution in [0.1, 0.15) is 12.5 Å². The van der Waals surface area contributed by atoms with Gasteiger partial charge in [0, 0.05) is 12.1 Å². The Morgan fingerprint density at radius 3 is 2.61 bits per heavy atom. The van der Waals surface area contributed by atoms with Crippen molar-refractivity contribution in [2.24, 2.45) is 0 Å². The van der Waals surface area contributed by atoms with Gasteiger partial charge in [0.1, 0.15) is 5.75 Å². The molecule has 0 aliphatic rings. The fourth-order valence-electron chi connectivity index (χ4n) is 1.22. The lowest BCUT2D eigenvalue weighted by atomic mass is 10.2. The molecule has 1 aromatic carbocycles. The first-order chi connectivity index (χ1) is 8.42. The molecule has 0 spiro atoms. The highest BCUT2D eigenvalue weighted by molar-refractivity contribution is 5.67. The fraction of sp³-hybridized carbons (Fsp3) is 0.364. The zero-order valence-corrected chi connectivity index (χ0v) is 9.58. The van der Waals surface area contributed by atoms with Gasteiger partial charge in [-0.05, 0) is 13.0 Å². The number of amides is 1.